The van der Waals surface area contributed by atoms with Gasteiger partial charge in [-0.25, -0.2) is 0 Å². The van der Waals surface area contributed by atoms with E-state index in [4.69, 9.17) is 5.73 Å². The zero-order valence-electron chi connectivity index (χ0n) is 12.6. The summed E-state index contributed by atoms with van der Waals surface area (Å²) in [4.78, 5) is 14.0. The van der Waals surface area contributed by atoms with Crippen LogP contribution in [-0.2, 0) is 17.8 Å². The summed E-state index contributed by atoms with van der Waals surface area (Å²) in [6, 6.07) is 17.6. The summed E-state index contributed by atoms with van der Waals surface area (Å²) in [5.41, 5.74) is 9.45. The quantitative estimate of drug-likeness (QED) is 0.916. The van der Waals surface area contributed by atoms with E-state index in [1.807, 2.05) is 42.5 Å². The van der Waals surface area contributed by atoms with Crippen molar-refractivity contribution in [1.29, 1.82) is 0 Å². The van der Waals surface area contributed by atoms with E-state index in [0.717, 1.165) is 11.1 Å². The first kappa shape index (κ1) is 15.3. The molecule has 3 heteroatoms. The van der Waals surface area contributed by atoms with E-state index in [1.54, 1.807) is 11.9 Å². The minimum absolute atomic E-state index is 0.0283. The summed E-state index contributed by atoms with van der Waals surface area (Å²) in [5.74, 6) is -0.0283. The molecule has 0 fully saturated rings. The second-order valence-electron chi connectivity index (χ2n) is 5.48. The highest BCUT2D eigenvalue weighted by atomic mass is 16.2. The van der Waals surface area contributed by atoms with E-state index >= 15 is 0 Å². The molecule has 0 heterocycles. The van der Waals surface area contributed by atoms with Crippen LogP contribution in [0, 0.1) is 6.92 Å². The lowest BCUT2D eigenvalue weighted by Gasteiger charge is -2.21. The zero-order chi connectivity index (χ0) is 15.2. The minimum atomic E-state index is -0.497. The Balaban J connectivity index is 1.93. The molecule has 1 atom stereocenters. The van der Waals surface area contributed by atoms with E-state index in [-0.39, 0.29) is 5.91 Å². The lowest BCUT2D eigenvalue weighted by Crippen LogP contribution is -2.42. The molecule has 2 N–H and O–H groups in total. The molecule has 110 valence electrons. The fourth-order valence-corrected chi connectivity index (χ4v) is 2.28. The summed E-state index contributed by atoms with van der Waals surface area (Å²) in [7, 11) is 1.80. The topological polar surface area (TPSA) is 46.3 Å². The third-order valence-electron chi connectivity index (χ3n) is 3.53. The minimum Gasteiger partial charge on any atom is -0.340 e. The van der Waals surface area contributed by atoms with Crippen molar-refractivity contribution in [2.24, 2.45) is 5.73 Å². The third-order valence-corrected chi connectivity index (χ3v) is 3.53. The van der Waals surface area contributed by atoms with Crippen LogP contribution in [0.5, 0.6) is 0 Å². The van der Waals surface area contributed by atoms with Gasteiger partial charge in [0.1, 0.15) is 0 Å². The highest BCUT2D eigenvalue weighted by molar-refractivity contribution is 5.81. The summed E-state index contributed by atoms with van der Waals surface area (Å²) in [6.07, 6.45) is 0.567. The average molecular weight is 282 g/mol. The van der Waals surface area contributed by atoms with Crippen LogP contribution in [0.2, 0.25) is 0 Å². The van der Waals surface area contributed by atoms with Crippen molar-refractivity contribution in [3.8, 4) is 0 Å². The number of carbonyl (C=O) groups is 1. The van der Waals surface area contributed by atoms with Crippen LogP contribution in [0.15, 0.2) is 54.6 Å². The van der Waals surface area contributed by atoms with Crippen molar-refractivity contribution >= 4 is 5.91 Å². The van der Waals surface area contributed by atoms with Gasteiger partial charge in [0.2, 0.25) is 5.91 Å². The van der Waals surface area contributed by atoms with Crippen molar-refractivity contribution in [3.05, 3.63) is 71.3 Å². The van der Waals surface area contributed by atoms with Crippen molar-refractivity contribution < 1.29 is 4.79 Å². The first-order chi connectivity index (χ1) is 10.1. The Morgan fingerprint density at radius 1 is 1.05 bits per heavy atom. The fraction of sp³-hybridized carbons (Fsp3) is 0.278. The van der Waals surface area contributed by atoms with Gasteiger partial charge in [-0.05, 0) is 24.5 Å². The molecule has 0 aliphatic heterocycles. The number of hydrogen-bond donors (Lipinski definition) is 1. The van der Waals surface area contributed by atoms with Crippen molar-refractivity contribution in [2.75, 3.05) is 7.05 Å². The smallest absolute Gasteiger partial charge is 0.239 e. The van der Waals surface area contributed by atoms with Crippen LogP contribution < -0.4 is 5.73 Å². The van der Waals surface area contributed by atoms with Crippen LogP contribution >= 0.6 is 0 Å². The van der Waals surface area contributed by atoms with Gasteiger partial charge in [0.15, 0.2) is 0 Å². The Hall–Kier alpha value is -2.13. The lowest BCUT2D eigenvalue weighted by atomic mass is 10.1. The SMILES string of the molecule is Cc1ccc(CN(C)C(=O)C(N)Cc2ccccc2)cc1. The van der Waals surface area contributed by atoms with Gasteiger partial charge in [0, 0.05) is 13.6 Å². The molecule has 3 nitrogen and oxygen atoms in total. The molecular weight excluding hydrogens is 260 g/mol. The molecule has 0 radical (unpaired) electrons. The molecule has 2 rings (SSSR count). The maximum atomic E-state index is 12.3. The molecule has 1 unspecified atom stereocenters. The number of nitrogens with two attached hydrogens (primary N) is 1. The van der Waals surface area contributed by atoms with Gasteiger partial charge in [0.05, 0.1) is 6.04 Å². The number of nitrogens with zero attached hydrogens (tertiary/aromatic N) is 1. The second-order valence-corrected chi connectivity index (χ2v) is 5.48. The van der Waals surface area contributed by atoms with Gasteiger partial charge in [-0.15, -0.1) is 0 Å². The maximum absolute atomic E-state index is 12.3. The van der Waals surface area contributed by atoms with Crippen LogP contribution in [-0.4, -0.2) is 23.9 Å². The van der Waals surface area contributed by atoms with Gasteiger partial charge < -0.3 is 10.6 Å². The Labute approximate surface area is 126 Å². The molecule has 0 bridgehead atoms. The normalized spacial score (nSPS) is 12.0. The van der Waals surface area contributed by atoms with Crippen molar-refractivity contribution in [1.82, 2.24) is 4.90 Å². The molecule has 1 amide bonds. The summed E-state index contributed by atoms with van der Waals surface area (Å²) in [5, 5.41) is 0. The fourth-order valence-electron chi connectivity index (χ4n) is 2.28. The molecule has 0 aliphatic carbocycles. The van der Waals surface area contributed by atoms with E-state index in [9.17, 15) is 4.79 Å². The average Bonchev–Trinajstić information content (AvgIpc) is 2.49. The summed E-state index contributed by atoms with van der Waals surface area (Å²) < 4.78 is 0. The van der Waals surface area contributed by atoms with Gasteiger partial charge in [-0.3, -0.25) is 4.79 Å². The van der Waals surface area contributed by atoms with Gasteiger partial charge in [-0.2, -0.15) is 0 Å². The number of amides is 1. The second kappa shape index (κ2) is 7.04. The molecule has 0 saturated carbocycles. The number of benzene rings is 2. The molecule has 0 aliphatic rings. The lowest BCUT2D eigenvalue weighted by molar-refractivity contribution is -0.131. The molecule has 2 aromatic carbocycles. The highest BCUT2D eigenvalue weighted by Gasteiger charge is 2.18. The predicted molar refractivity (Wildman–Crippen MR) is 85.8 cm³/mol. The van der Waals surface area contributed by atoms with E-state index in [1.165, 1.54) is 5.56 Å². The van der Waals surface area contributed by atoms with Crippen LogP contribution in [0.3, 0.4) is 0 Å². The Morgan fingerprint density at radius 2 is 1.67 bits per heavy atom. The molecule has 0 spiro atoms. The van der Waals surface area contributed by atoms with E-state index in [2.05, 4.69) is 19.1 Å². The van der Waals surface area contributed by atoms with Crippen molar-refractivity contribution in [3.63, 3.8) is 0 Å². The standard InChI is InChI=1S/C18H22N2O/c1-14-8-10-16(11-9-14)13-20(2)18(21)17(19)12-15-6-4-3-5-7-15/h3-11,17H,12-13,19H2,1-2H3. The van der Waals surface area contributed by atoms with E-state index < -0.39 is 6.04 Å². The van der Waals surface area contributed by atoms with Crippen LogP contribution in [0.4, 0.5) is 0 Å². The molecular formula is C18H22N2O. The largest absolute Gasteiger partial charge is 0.340 e. The third kappa shape index (κ3) is 4.43. The van der Waals surface area contributed by atoms with E-state index in [0.29, 0.717) is 13.0 Å². The molecule has 21 heavy (non-hydrogen) atoms. The summed E-state index contributed by atoms with van der Waals surface area (Å²) >= 11 is 0. The maximum Gasteiger partial charge on any atom is 0.239 e. The van der Waals surface area contributed by atoms with Crippen LogP contribution in [0.1, 0.15) is 16.7 Å². The Morgan fingerprint density at radius 3 is 2.29 bits per heavy atom. The first-order valence-electron chi connectivity index (χ1n) is 7.16. The number of hydrogen-bond acceptors (Lipinski definition) is 2. The zero-order valence-corrected chi connectivity index (χ0v) is 12.6. The summed E-state index contributed by atoms with van der Waals surface area (Å²) in [6.45, 7) is 2.63. The Bertz CT molecular complexity index is 578. The number of carbonyl (C=O) groups excluding carboxylic acids is 1. The molecule has 2 aromatic rings. The molecule has 0 saturated heterocycles. The number of rotatable bonds is 5. The molecule has 0 aromatic heterocycles. The van der Waals surface area contributed by atoms with Crippen LogP contribution in [0.25, 0.3) is 0 Å². The number of aryl methyl sites for hydroxylation is 1. The van der Waals surface area contributed by atoms with Gasteiger partial charge >= 0.3 is 0 Å². The Kier molecular flexibility index (Phi) is 5.12. The number of likely N-dealkylation sites (N-methyl/N-ethyl adjacent to an activating group) is 1. The first-order valence-corrected chi connectivity index (χ1v) is 7.16. The monoisotopic (exact) mass is 282 g/mol. The van der Waals surface area contributed by atoms with Gasteiger partial charge in [0.25, 0.3) is 0 Å². The van der Waals surface area contributed by atoms with Crippen molar-refractivity contribution in [2.45, 2.75) is 25.9 Å². The predicted octanol–water partition coefficient (Wildman–Crippen LogP) is 2.52. The highest BCUT2D eigenvalue weighted by Crippen LogP contribution is 2.08. The van der Waals surface area contributed by atoms with Gasteiger partial charge in [-0.1, -0.05) is 60.2 Å².